The molecule has 0 radical (unpaired) electrons. The standard InChI is InChI=1S/C23H38N2O5S/c1-14(2)12-30-22(29)19(25(11-20(26)27)21(28)15(3)13-31)10-24-23-7-16-4-17(8-23)6-18(5-16)9-23/h14-19,24,31H,4-13H2,1-3H3,(H,26,27)/t15-,16?,17?,18?,19+,23?/m1/s1. The Hall–Kier alpha value is -1.28. The molecule has 4 bridgehead atoms. The van der Waals surface area contributed by atoms with Crippen molar-refractivity contribution in [1.82, 2.24) is 10.2 Å². The van der Waals surface area contributed by atoms with E-state index in [1.54, 1.807) is 6.92 Å². The van der Waals surface area contributed by atoms with E-state index in [1.807, 2.05) is 13.8 Å². The molecule has 0 heterocycles. The van der Waals surface area contributed by atoms with Gasteiger partial charge in [0.25, 0.3) is 0 Å². The maximum atomic E-state index is 13.0. The smallest absolute Gasteiger partial charge is 0.330 e. The van der Waals surface area contributed by atoms with Crippen molar-refractivity contribution in [2.75, 3.05) is 25.4 Å². The Morgan fingerprint density at radius 1 is 1.10 bits per heavy atom. The number of nitrogens with zero attached hydrogens (tertiary/aromatic N) is 1. The molecular weight excluding hydrogens is 416 g/mol. The van der Waals surface area contributed by atoms with Crippen molar-refractivity contribution in [3.8, 4) is 0 Å². The van der Waals surface area contributed by atoms with Gasteiger partial charge in [-0.25, -0.2) is 4.79 Å². The molecule has 7 nitrogen and oxygen atoms in total. The van der Waals surface area contributed by atoms with Gasteiger partial charge in [-0.15, -0.1) is 0 Å². The molecule has 176 valence electrons. The van der Waals surface area contributed by atoms with Crippen molar-refractivity contribution in [1.29, 1.82) is 0 Å². The Labute approximate surface area is 191 Å². The van der Waals surface area contributed by atoms with Crippen LogP contribution in [0.4, 0.5) is 0 Å². The highest BCUT2D eigenvalue weighted by atomic mass is 32.1. The van der Waals surface area contributed by atoms with Gasteiger partial charge in [0.1, 0.15) is 12.6 Å². The van der Waals surface area contributed by atoms with E-state index in [1.165, 1.54) is 24.2 Å². The Bertz CT molecular complexity index is 648. The van der Waals surface area contributed by atoms with Crippen LogP contribution in [-0.4, -0.2) is 64.9 Å². The third kappa shape index (κ3) is 5.95. The number of thiol groups is 1. The summed E-state index contributed by atoms with van der Waals surface area (Å²) in [4.78, 5) is 38.8. The second-order valence-corrected chi connectivity index (χ2v) is 10.9. The normalized spacial score (nSPS) is 30.8. The van der Waals surface area contributed by atoms with Crippen LogP contribution in [0.3, 0.4) is 0 Å². The molecule has 4 aliphatic rings. The molecule has 31 heavy (non-hydrogen) atoms. The van der Waals surface area contributed by atoms with Gasteiger partial charge in [0.05, 0.1) is 6.61 Å². The number of carbonyl (C=O) groups is 3. The molecule has 4 rings (SSSR count). The highest BCUT2D eigenvalue weighted by Gasteiger charge is 2.51. The molecule has 2 atom stereocenters. The molecule has 4 fully saturated rings. The SMILES string of the molecule is CC(C)COC(=O)[C@H](CNC12CC3CC(CC(C3)C1)C2)N(CC(=O)O)C(=O)[C@H](C)CS. The molecule has 4 aliphatic carbocycles. The first-order chi connectivity index (χ1) is 14.6. The Balaban J connectivity index is 1.78. The number of ether oxygens (including phenoxy) is 1. The Kier molecular flexibility index (Phi) is 7.95. The first-order valence-electron chi connectivity index (χ1n) is 11.7. The van der Waals surface area contributed by atoms with Gasteiger partial charge in [0, 0.05) is 23.8 Å². The minimum Gasteiger partial charge on any atom is -0.480 e. The largest absolute Gasteiger partial charge is 0.480 e. The van der Waals surface area contributed by atoms with E-state index in [2.05, 4.69) is 17.9 Å². The van der Waals surface area contributed by atoms with Crippen LogP contribution >= 0.6 is 12.6 Å². The fraction of sp³-hybridized carbons (Fsp3) is 0.870. The monoisotopic (exact) mass is 454 g/mol. The quantitative estimate of drug-likeness (QED) is 0.328. The molecule has 0 saturated heterocycles. The van der Waals surface area contributed by atoms with Crippen molar-refractivity contribution in [3.63, 3.8) is 0 Å². The average Bonchev–Trinajstić information content (AvgIpc) is 2.69. The molecule has 4 saturated carbocycles. The number of nitrogens with one attached hydrogen (secondary N) is 1. The van der Waals surface area contributed by atoms with Gasteiger partial charge in [0.2, 0.25) is 5.91 Å². The summed E-state index contributed by atoms with van der Waals surface area (Å²) in [5.41, 5.74) is -0.00156. The molecule has 0 aromatic rings. The van der Waals surface area contributed by atoms with Gasteiger partial charge < -0.3 is 20.1 Å². The topological polar surface area (TPSA) is 95.9 Å². The van der Waals surface area contributed by atoms with E-state index in [4.69, 9.17) is 4.74 Å². The minimum atomic E-state index is -1.14. The minimum absolute atomic E-state index is 0.00156. The van der Waals surface area contributed by atoms with E-state index in [0.717, 1.165) is 37.0 Å². The number of carboxylic acid groups (broad SMARTS) is 1. The summed E-state index contributed by atoms with van der Waals surface area (Å²) >= 11 is 4.20. The van der Waals surface area contributed by atoms with Crippen LogP contribution in [0.25, 0.3) is 0 Å². The lowest BCUT2D eigenvalue weighted by atomic mass is 9.53. The lowest BCUT2D eigenvalue weighted by molar-refractivity contribution is -0.160. The van der Waals surface area contributed by atoms with Gasteiger partial charge in [-0.1, -0.05) is 20.8 Å². The zero-order valence-electron chi connectivity index (χ0n) is 19.0. The number of amides is 1. The fourth-order valence-corrected chi connectivity index (χ4v) is 6.31. The van der Waals surface area contributed by atoms with E-state index in [0.29, 0.717) is 0 Å². The van der Waals surface area contributed by atoms with Crippen molar-refractivity contribution in [3.05, 3.63) is 0 Å². The van der Waals surface area contributed by atoms with Crippen LogP contribution in [-0.2, 0) is 19.1 Å². The predicted molar refractivity (Wildman–Crippen MR) is 121 cm³/mol. The fourth-order valence-electron chi connectivity index (χ4n) is 6.15. The zero-order chi connectivity index (χ0) is 22.8. The number of hydrogen-bond acceptors (Lipinski definition) is 6. The van der Waals surface area contributed by atoms with Gasteiger partial charge in [0.15, 0.2) is 0 Å². The number of carboxylic acids is 1. The van der Waals surface area contributed by atoms with E-state index < -0.39 is 30.4 Å². The molecule has 8 heteroatoms. The van der Waals surface area contributed by atoms with Crippen molar-refractivity contribution in [2.24, 2.45) is 29.6 Å². The number of aliphatic carboxylic acids is 1. The van der Waals surface area contributed by atoms with E-state index in [-0.39, 0.29) is 36.3 Å². The van der Waals surface area contributed by atoms with Crippen molar-refractivity contribution >= 4 is 30.5 Å². The molecular formula is C23H38N2O5S. The van der Waals surface area contributed by atoms with Crippen LogP contribution in [0, 0.1) is 29.6 Å². The van der Waals surface area contributed by atoms with Crippen molar-refractivity contribution < 1.29 is 24.2 Å². The van der Waals surface area contributed by atoms with Crippen LogP contribution in [0.15, 0.2) is 0 Å². The lowest BCUT2D eigenvalue weighted by Gasteiger charge is -2.57. The summed E-state index contributed by atoms with van der Waals surface area (Å²) < 4.78 is 5.48. The highest BCUT2D eigenvalue weighted by Crippen LogP contribution is 2.55. The highest BCUT2D eigenvalue weighted by molar-refractivity contribution is 7.80. The van der Waals surface area contributed by atoms with Gasteiger partial charge >= 0.3 is 11.9 Å². The van der Waals surface area contributed by atoms with Crippen LogP contribution in [0.1, 0.15) is 59.3 Å². The first-order valence-corrected chi connectivity index (χ1v) is 12.3. The number of rotatable bonds is 11. The summed E-state index contributed by atoms with van der Waals surface area (Å²) in [5.74, 6) is 0.122. The summed E-state index contributed by atoms with van der Waals surface area (Å²) in [7, 11) is 0. The maximum Gasteiger partial charge on any atom is 0.330 e. The van der Waals surface area contributed by atoms with Gasteiger partial charge in [-0.2, -0.15) is 12.6 Å². The van der Waals surface area contributed by atoms with Gasteiger partial charge in [-0.3, -0.25) is 9.59 Å². The predicted octanol–water partition coefficient (Wildman–Crippen LogP) is 2.59. The third-order valence-electron chi connectivity index (χ3n) is 7.20. The van der Waals surface area contributed by atoms with Crippen LogP contribution in [0.5, 0.6) is 0 Å². The van der Waals surface area contributed by atoms with Gasteiger partial charge in [-0.05, 0) is 62.2 Å². The second-order valence-electron chi connectivity index (χ2n) is 10.6. The van der Waals surface area contributed by atoms with Crippen LogP contribution < -0.4 is 5.32 Å². The average molecular weight is 455 g/mol. The molecule has 0 unspecified atom stereocenters. The van der Waals surface area contributed by atoms with E-state index >= 15 is 0 Å². The zero-order valence-corrected chi connectivity index (χ0v) is 19.9. The summed E-state index contributed by atoms with van der Waals surface area (Å²) in [6, 6.07) is -0.960. The molecule has 0 aromatic heterocycles. The Morgan fingerprint density at radius 2 is 1.65 bits per heavy atom. The summed E-state index contributed by atoms with van der Waals surface area (Å²) in [6.45, 7) is 5.53. The molecule has 0 aromatic carbocycles. The number of hydrogen-bond donors (Lipinski definition) is 3. The maximum absolute atomic E-state index is 13.0. The van der Waals surface area contributed by atoms with Crippen LogP contribution in [0.2, 0.25) is 0 Å². The molecule has 1 amide bonds. The third-order valence-corrected chi connectivity index (χ3v) is 7.75. The van der Waals surface area contributed by atoms with E-state index in [9.17, 15) is 19.5 Å². The second kappa shape index (κ2) is 10.1. The lowest BCUT2D eigenvalue weighted by Crippen LogP contribution is -2.62. The molecule has 0 aliphatic heterocycles. The number of carbonyl (C=O) groups excluding carboxylic acids is 2. The number of esters is 1. The molecule has 2 N–H and O–H groups in total. The molecule has 0 spiro atoms. The summed E-state index contributed by atoms with van der Waals surface area (Å²) in [6.07, 6.45) is 7.24. The van der Waals surface area contributed by atoms with Crippen molar-refractivity contribution in [2.45, 2.75) is 70.9 Å². The first kappa shape index (κ1) is 24.4. The summed E-state index contributed by atoms with van der Waals surface area (Å²) in [5, 5.41) is 13.1. The Morgan fingerprint density at radius 3 is 2.10 bits per heavy atom.